The zero-order valence-corrected chi connectivity index (χ0v) is 40.0. The highest BCUT2D eigenvalue weighted by atomic mass is 16.7. The molecule has 0 aromatic rings. The van der Waals surface area contributed by atoms with Crippen molar-refractivity contribution in [1.82, 2.24) is 0 Å². The van der Waals surface area contributed by atoms with E-state index in [2.05, 4.69) is 0 Å². The molecule has 0 bridgehead atoms. The summed E-state index contributed by atoms with van der Waals surface area (Å²) in [6.07, 6.45) is -0.296. The van der Waals surface area contributed by atoms with Crippen LogP contribution in [0.25, 0.3) is 0 Å². The van der Waals surface area contributed by atoms with Gasteiger partial charge in [0.05, 0.1) is 54.7 Å². The Hall–Kier alpha value is -0.840. The standard InChI is InChI=1S/C16H31N3O4.C15H31N3O4.C14H29N3O4/c1-7-6-10(18)15(14(21)13(7)20)23-16-9(17)4-5-11(22-16)12(19)8-2-3-8;1-3-8(16)11-5-4-9(17)15(21-11)22-14-10(18)6-7(2)12(19)13(14)20;1-6-5-9(17)13(12(19)11(6)18)21-14-8(16)3-4-10(20-14)7(2)15/h7-16,20-21H,2-6,17-19H2,1H3;7-15,19-20H,3-6,16-18H2,1-2H3;6-14,18-19H,3-5,15-17H2,1-2H3. The molecule has 0 aromatic carbocycles. The van der Waals surface area contributed by atoms with Crippen molar-refractivity contribution in [2.75, 3.05) is 0 Å². The second-order valence-corrected chi connectivity index (χ2v) is 21.1. The van der Waals surface area contributed by atoms with E-state index in [1.807, 2.05) is 34.6 Å². The number of nitrogens with two attached hydrogens (primary N) is 9. The highest BCUT2D eigenvalue weighted by Crippen LogP contribution is 2.38. The van der Waals surface area contributed by atoms with E-state index < -0.39 is 73.8 Å². The smallest absolute Gasteiger partial charge is 0.173 e. The lowest BCUT2D eigenvalue weighted by atomic mass is 9.81. The van der Waals surface area contributed by atoms with Crippen molar-refractivity contribution in [2.24, 2.45) is 75.3 Å². The van der Waals surface area contributed by atoms with Gasteiger partial charge < -0.3 is 111 Å². The van der Waals surface area contributed by atoms with Crippen molar-refractivity contribution in [3.8, 4) is 0 Å². The van der Waals surface area contributed by atoms with Gasteiger partial charge in [0, 0.05) is 36.3 Å². The molecule has 0 amide bonds. The molecule has 21 heteroatoms. The van der Waals surface area contributed by atoms with Gasteiger partial charge >= 0.3 is 0 Å². The van der Waals surface area contributed by atoms with Crippen molar-refractivity contribution in [2.45, 2.75) is 258 Å². The minimum atomic E-state index is -1.03. The zero-order chi connectivity index (χ0) is 48.9. The van der Waals surface area contributed by atoms with Crippen molar-refractivity contribution in [1.29, 1.82) is 0 Å². The molecular weight excluding hydrogens is 859 g/mol. The molecule has 7 fully saturated rings. The summed E-state index contributed by atoms with van der Waals surface area (Å²) in [4.78, 5) is 0. The van der Waals surface area contributed by atoms with E-state index in [-0.39, 0.29) is 90.4 Å². The normalized spacial score (nSPS) is 49.3. The Morgan fingerprint density at radius 2 is 0.773 bits per heavy atom. The number of aliphatic hydroxyl groups excluding tert-OH is 6. The van der Waals surface area contributed by atoms with Crippen molar-refractivity contribution >= 4 is 0 Å². The third-order valence-corrected chi connectivity index (χ3v) is 15.3. The summed E-state index contributed by atoms with van der Waals surface area (Å²) in [6, 6.07) is -2.05. The van der Waals surface area contributed by atoms with Gasteiger partial charge in [-0.05, 0) is 108 Å². The topological polar surface area (TPSA) is 411 Å². The van der Waals surface area contributed by atoms with Gasteiger partial charge in [0.15, 0.2) is 18.9 Å². The third-order valence-electron chi connectivity index (χ3n) is 15.3. The summed E-state index contributed by atoms with van der Waals surface area (Å²) in [5, 5.41) is 60.8. The molecule has 66 heavy (non-hydrogen) atoms. The van der Waals surface area contributed by atoms with Crippen LogP contribution in [0.3, 0.4) is 0 Å². The highest BCUT2D eigenvalue weighted by Gasteiger charge is 2.48. The van der Waals surface area contributed by atoms with E-state index in [1.165, 1.54) is 0 Å². The number of ether oxygens (including phenoxy) is 6. The molecule has 3 saturated heterocycles. The molecule has 7 rings (SSSR count). The van der Waals surface area contributed by atoms with Crippen molar-refractivity contribution in [3.63, 3.8) is 0 Å². The Bertz CT molecular complexity index is 1440. The summed E-state index contributed by atoms with van der Waals surface area (Å²) in [5.74, 6) is 0.358. The summed E-state index contributed by atoms with van der Waals surface area (Å²) >= 11 is 0. The van der Waals surface area contributed by atoms with Gasteiger partial charge in [-0.1, -0.05) is 27.7 Å². The molecule has 0 radical (unpaired) electrons. The van der Waals surface area contributed by atoms with Crippen LogP contribution in [-0.2, 0) is 28.4 Å². The van der Waals surface area contributed by atoms with E-state index in [0.29, 0.717) is 25.2 Å². The Kier molecular flexibility index (Phi) is 21.3. The number of hydrogen-bond acceptors (Lipinski definition) is 21. The maximum Gasteiger partial charge on any atom is 0.173 e. The van der Waals surface area contributed by atoms with Gasteiger partial charge in [-0.2, -0.15) is 0 Å². The molecule has 27 unspecified atom stereocenters. The number of aliphatic hydroxyl groups is 6. The summed E-state index contributed by atoms with van der Waals surface area (Å²) in [5.41, 5.74) is 54.7. The van der Waals surface area contributed by atoms with Gasteiger partial charge in [0.2, 0.25) is 0 Å². The summed E-state index contributed by atoms with van der Waals surface area (Å²) in [7, 11) is 0. The number of hydrogen-bond donors (Lipinski definition) is 15. The second kappa shape index (κ2) is 25.0. The quantitative estimate of drug-likeness (QED) is 0.0964. The molecule has 24 N–H and O–H groups in total. The first-order valence-corrected chi connectivity index (χ1v) is 24.9. The highest BCUT2D eigenvalue weighted by molar-refractivity contribution is 4.99. The van der Waals surface area contributed by atoms with Crippen LogP contribution in [0.1, 0.15) is 112 Å². The second-order valence-electron chi connectivity index (χ2n) is 21.1. The predicted octanol–water partition coefficient (Wildman–Crippen LogP) is -3.30. The third kappa shape index (κ3) is 14.2. The molecule has 4 aliphatic carbocycles. The van der Waals surface area contributed by atoms with Crippen LogP contribution in [0.5, 0.6) is 0 Å². The van der Waals surface area contributed by atoms with E-state index >= 15 is 0 Å². The first-order valence-electron chi connectivity index (χ1n) is 24.9. The minimum absolute atomic E-state index is 0.0177. The Morgan fingerprint density at radius 1 is 0.455 bits per heavy atom. The monoisotopic (exact) mass is 950 g/mol. The maximum absolute atomic E-state index is 10.3. The van der Waals surface area contributed by atoms with Crippen LogP contribution >= 0.6 is 0 Å². The zero-order valence-electron chi connectivity index (χ0n) is 40.0. The van der Waals surface area contributed by atoms with Gasteiger partial charge in [-0.3, -0.25) is 0 Å². The summed E-state index contributed by atoms with van der Waals surface area (Å²) in [6.45, 7) is 9.49. The fourth-order valence-electron chi connectivity index (χ4n) is 10.4. The van der Waals surface area contributed by atoms with E-state index in [9.17, 15) is 30.6 Å². The summed E-state index contributed by atoms with van der Waals surface area (Å²) < 4.78 is 35.3. The lowest BCUT2D eigenvalue weighted by molar-refractivity contribution is -0.258. The van der Waals surface area contributed by atoms with Gasteiger partial charge in [0.1, 0.15) is 36.6 Å². The SMILES string of the molecule is CC(N)C1CCC(N)C(OC2C(N)CC(C)C(O)C2O)O1.CC1CC(N)C(OC2OC(C(N)C3CC3)CCC2N)C(O)C1O.CCC(N)C1CCC(N)C(OC2C(N)CC(C)C(O)C2O)O1. The van der Waals surface area contributed by atoms with Crippen molar-refractivity contribution in [3.05, 3.63) is 0 Å². The van der Waals surface area contributed by atoms with Gasteiger partial charge in [-0.25, -0.2) is 0 Å². The lowest BCUT2D eigenvalue weighted by Gasteiger charge is -2.44. The Balaban J connectivity index is 0.000000186. The Morgan fingerprint density at radius 3 is 1.11 bits per heavy atom. The average Bonchev–Trinajstić information content (AvgIpc) is 4.13. The Labute approximate surface area is 391 Å². The molecule has 27 atom stereocenters. The molecule has 21 nitrogen and oxygen atoms in total. The molecule has 0 spiro atoms. The fraction of sp³-hybridized carbons (Fsp3) is 1.00. The van der Waals surface area contributed by atoms with Gasteiger partial charge in [0.25, 0.3) is 0 Å². The predicted molar refractivity (Wildman–Crippen MR) is 246 cm³/mol. The molecule has 3 heterocycles. The van der Waals surface area contributed by atoms with Crippen LogP contribution in [0.4, 0.5) is 0 Å². The lowest BCUT2D eigenvalue weighted by Crippen LogP contribution is -2.61. The van der Waals surface area contributed by atoms with Crippen LogP contribution < -0.4 is 51.6 Å². The molecule has 388 valence electrons. The van der Waals surface area contributed by atoms with Crippen LogP contribution in [0.2, 0.25) is 0 Å². The molecule has 0 aromatic heterocycles. The maximum atomic E-state index is 10.3. The van der Waals surface area contributed by atoms with Crippen LogP contribution in [0.15, 0.2) is 0 Å². The van der Waals surface area contributed by atoms with Crippen LogP contribution in [0, 0.1) is 23.7 Å². The minimum Gasteiger partial charge on any atom is -0.390 e. The largest absolute Gasteiger partial charge is 0.390 e. The first-order chi connectivity index (χ1) is 31.0. The fourth-order valence-corrected chi connectivity index (χ4v) is 10.4. The molecule has 3 aliphatic heterocycles. The van der Waals surface area contributed by atoms with Crippen molar-refractivity contribution < 1.29 is 59.1 Å². The molecule has 7 aliphatic rings. The first kappa shape index (κ1) is 56.1. The molecular formula is C45H91N9O12. The van der Waals surface area contributed by atoms with E-state index in [1.54, 1.807) is 0 Å². The van der Waals surface area contributed by atoms with E-state index in [0.717, 1.165) is 57.8 Å². The van der Waals surface area contributed by atoms with Crippen LogP contribution in [-0.4, -0.2) is 177 Å². The number of rotatable bonds is 11. The van der Waals surface area contributed by atoms with Gasteiger partial charge in [-0.15, -0.1) is 0 Å². The molecule has 4 saturated carbocycles. The van der Waals surface area contributed by atoms with E-state index in [4.69, 9.17) is 80.0 Å². The average molecular weight is 950 g/mol.